The lowest BCUT2D eigenvalue weighted by Crippen LogP contribution is -2.44. The molecule has 11 heteroatoms. The van der Waals surface area contributed by atoms with E-state index in [0.717, 1.165) is 20.6 Å². The molecule has 1 aliphatic heterocycles. The molecule has 1 saturated heterocycles. The lowest BCUT2D eigenvalue weighted by molar-refractivity contribution is -0.146. The normalized spacial score (nSPS) is 20.0. The lowest BCUT2D eigenvalue weighted by atomic mass is 9.80. The number of fused-ring (bicyclic) bond motifs is 1. The van der Waals surface area contributed by atoms with Crippen LogP contribution in [-0.2, 0) is 29.1 Å². The molecular weight excluding hydrogens is 572 g/mol. The zero-order chi connectivity index (χ0) is 31.5. The molecule has 10 nitrogen and oxygen atoms in total. The molecule has 0 spiro atoms. The van der Waals surface area contributed by atoms with Gasteiger partial charge in [0.05, 0.1) is 24.0 Å². The van der Waals surface area contributed by atoms with E-state index >= 15 is 0 Å². The minimum atomic E-state index is -4.31. The molecule has 1 heterocycles. The van der Waals surface area contributed by atoms with Crippen LogP contribution < -0.4 is 5.32 Å². The van der Waals surface area contributed by atoms with Gasteiger partial charge in [-0.3, -0.25) is 9.59 Å². The number of aryl methyl sites for hydroxylation is 1. The summed E-state index contributed by atoms with van der Waals surface area (Å²) in [6, 6.07) is 16.8. The summed E-state index contributed by atoms with van der Waals surface area (Å²) in [4.78, 5) is 38.7. The van der Waals surface area contributed by atoms with Crippen molar-refractivity contribution in [2.45, 2.75) is 63.6 Å². The Morgan fingerprint density at radius 2 is 1.67 bits per heavy atom. The summed E-state index contributed by atoms with van der Waals surface area (Å²) < 4.78 is 39.5. The Labute approximate surface area is 252 Å². The molecule has 4 rings (SSSR count). The molecule has 1 aliphatic rings. The molecule has 3 aromatic rings. The molecule has 4 atom stereocenters. The van der Waals surface area contributed by atoms with Gasteiger partial charge in [0.1, 0.15) is 11.6 Å². The molecule has 0 aromatic heterocycles. The van der Waals surface area contributed by atoms with E-state index in [1.54, 1.807) is 45.9 Å². The average molecular weight is 611 g/mol. The van der Waals surface area contributed by atoms with Gasteiger partial charge in [-0.05, 0) is 69.2 Å². The van der Waals surface area contributed by atoms with Gasteiger partial charge in [-0.1, -0.05) is 54.1 Å². The molecule has 2 N–H and O–H groups in total. The number of nitrogens with one attached hydrogen (secondary N) is 1. The predicted octanol–water partition coefficient (Wildman–Crippen LogP) is 5.06. The Bertz CT molecular complexity index is 1600. The van der Waals surface area contributed by atoms with Gasteiger partial charge in [-0.15, -0.1) is 0 Å². The first kappa shape index (κ1) is 32.0. The molecule has 3 aromatic carbocycles. The highest BCUT2D eigenvalue weighted by Crippen LogP contribution is 2.43. The molecule has 43 heavy (non-hydrogen) atoms. The van der Waals surface area contributed by atoms with Crippen LogP contribution in [-0.4, -0.2) is 60.7 Å². The number of carbonyl (C=O) groups is 3. The van der Waals surface area contributed by atoms with Crippen molar-refractivity contribution in [3.63, 3.8) is 0 Å². The number of sulfonamides is 1. The van der Waals surface area contributed by atoms with E-state index in [0.29, 0.717) is 5.56 Å². The van der Waals surface area contributed by atoms with E-state index in [9.17, 15) is 27.9 Å². The number of esters is 1. The van der Waals surface area contributed by atoms with Crippen molar-refractivity contribution < 1.29 is 37.4 Å². The number of carboxylic acids is 1. The minimum Gasteiger partial charge on any atom is -0.480 e. The highest BCUT2D eigenvalue weighted by atomic mass is 32.2. The number of hydrogen-bond donors (Lipinski definition) is 2. The van der Waals surface area contributed by atoms with Gasteiger partial charge in [0, 0.05) is 18.4 Å². The van der Waals surface area contributed by atoms with Crippen molar-refractivity contribution in [3.8, 4) is 0 Å². The number of nitrogens with zero attached hydrogens (tertiary/aromatic N) is 1. The Balaban J connectivity index is 1.86. The zero-order valence-corrected chi connectivity index (χ0v) is 25.8. The number of carboxylic acid groups (broad SMARTS) is 1. The Kier molecular flexibility index (Phi) is 9.46. The van der Waals surface area contributed by atoms with Crippen LogP contribution in [0.15, 0.2) is 71.6 Å². The second-order valence-electron chi connectivity index (χ2n) is 11.7. The van der Waals surface area contributed by atoms with E-state index in [1.807, 2.05) is 43.3 Å². The molecule has 0 unspecified atom stereocenters. The van der Waals surface area contributed by atoms with Crippen LogP contribution in [0.25, 0.3) is 10.8 Å². The summed E-state index contributed by atoms with van der Waals surface area (Å²) in [5.74, 6) is -3.93. The van der Waals surface area contributed by atoms with Gasteiger partial charge < -0.3 is 19.9 Å². The van der Waals surface area contributed by atoms with Crippen LogP contribution in [0.4, 0.5) is 4.79 Å². The van der Waals surface area contributed by atoms with E-state index in [4.69, 9.17) is 9.47 Å². The average Bonchev–Trinajstić information content (AvgIpc) is 3.30. The number of aliphatic carboxylic acids is 1. The first-order valence-corrected chi connectivity index (χ1v) is 15.6. The van der Waals surface area contributed by atoms with Crippen LogP contribution in [0.1, 0.15) is 51.3 Å². The quantitative estimate of drug-likeness (QED) is 0.321. The van der Waals surface area contributed by atoms with E-state index in [1.165, 1.54) is 12.1 Å². The summed E-state index contributed by atoms with van der Waals surface area (Å²) >= 11 is 0. The molecule has 0 bridgehead atoms. The molecule has 1 amide bonds. The first-order chi connectivity index (χ1) is 20.2. The number of amides is 1. The third-order valence-corrected chi connectivity index (χ3v) is 9.34. The van der Waals surface area contributed by atoms with Crippen LogP contribution in [0, 0.1) is 18.8 Å². The molecule has 0 saturated carbocycles. The number of benzene rings is 3. The fourth-order valence-corrected chi connectivity index (χ4v) is 7.27. The van der Waals surface area contributed by atoms with Crippen LogP contribution in [0.3, 0.4) is 0 Å². The smallest absolute Gasteiger partial charge is 0.408 e. The van der Waals surface area contributed by atoms with Crippen molar-refractivity contribution in [2.24, 2.45) is 11.8 Å². The van der Waals surface area contributed by atoms with E-state index in [-0.39, 0.29) is 24.5 Å². The number of rotatable bonds is 9. The van der Waals surface area contributed by atoms with Crippen LogP contribution >= 0.6 is 0 Å². The number of hydrogen-bond acceptors (Lipinski definition) is 7. The summed E-state index contributed by atoms with van der Waals surface area (Å²) in [7, 11) is -4.31. The summed E-state index contributed by atoms with van der Waals surface area (Å²) in [5, 5.41) is 15.1. The Hall–Kier alpha value is -3.96. The van der Waals surface area contributed by atoms with Crippen molar-refractivity contribution in [1.29, 1.82) is 0 Å². The van der Waals surface area contributed by atoms with Gasteiger partial charge >= 0.3 is 18.0 Å². The van der Waals surface area contributed by atoms with Gasteiger partial charge in [-0.25, -0.2) is 13.2 Å². The maximum Gasteiger partial charge on any atom is 0.408 e. The molecule has 0 aliphatic carbocycles. The van der Waals surface area contributed by atoms with Crippen LogP contribution in [0.5, 0.6) is 0 Å². The lowest BCUT2D eigenvalue weighted by Gasteiger charge is -2.31. The molecule has 0 radical (unpaired) electrons. The van der Waals surface area contributed by atoms with Crippen molar-refractivity contribution >= 4 is 38.8 Å². The topological polar surface area (TPSA) is 139 Å². The predicted molar refractivity (Wildman–Crippen MR) is 161 cm³/mol. The number of carbonyl (C=O) groups excluding carboxylic acids is 2. The Morgan fingerprint density at radius 1 is 1.02 bits per heavy atom. The summed E-state index contributed by atoms with van der Waals surface area (Å²) in [5.41, 5.74) is 0.621. The third kappa shape index (κ3) is 7.34. The van der Waals surface area contributed by atoms with Crippen molar-refractivity contribution in [1.82, 2.24) is 9.62 Å². The maximum absolute atomic E-state index is 13.9. The number of alkyl carbamates (subject to hydrolysis) is 1. The van der Waals surface area contributed by atoms with Crippen molar-refractivity contribution in [3.05, 3.63) is 77.9 Å². The fourth-order valence-electron chi connectivity index (χ4n) is 5.61. The second-order valence-corrected chi connectivity index (χ2v) is 13.6. The van der Waals surface area contributed by atoms with E-state index < -0.39 is 57.6 Å². The van der Waals surface area contributed by atoms with Crippen molar-refractivity contribution in [2.75, 3.05) is 13.2 Å². The summed E-state index contributed by atoms with van der Waals surface area (Å²) in [6.45, 7) is 8.39. The van der Waals surface area contributed by atoms with E-state index in [2.05, 4.69) is 5.32 Å². The highest BCUT2D eigenvalue weighted by molar-refractivity contribution is 7.89. The third-order valence-electron chi connectivity index (χ3n) is 7.48. The SMILES string of the molecule is CCOC(=O)C[C@@H]1[C@@H]([C@@H](NC(=O)OC(C)(C)C)c2ccc3ccccc3c2)CN(S(=O)(=O)c2ccc(C)cc2)[C@@H]1C(=O)O. The maximum atomic E-state index is 13.9. The fraction of sp³-hybridized carbons (Fsp3) is 0.406. The largest absolute Gasteiger partial charge is 0.480 e. The second kappa shape index (κ2) is 12.7. The standard InChI is InChI=1S/C32H38N2O8S/c1-6-41-27(35)18-25-26(19-34(29(25)30(36)37)43(39,40)24-15-11-20(2)12-16-24)28(33-31(38)42-32(3,4)5)23-14-13-21-9-7-8-10-22(21)17-23/h7-17,25-26,28-29H,6,18-19H2,1-5H3,(H,33,38)(H,36,37)/t25-,26+,28+,29+/m1/s1. The van der Waals surface area contributed by atoms with Gasteiger partial charge in [-0.2, -0.15) is 4.31 Å². The monoisotopic (exact) mass is 610 g/mol. The van der Waals surface area contributed by atoms with Crippen LogP contribution in [0.2, 0.25) is 0 Å². The number of ether oxygens (including phenoxy) is 2. The molecule has 1 fully saturated rings. The van der Waals surface area contributed by atoms with Gasteiger partial charge in [0.25, 0.3) is 0 Å². The minimum absolute atomic E-state index is 0.0674. The molecular formula is C32H38N2O8S. The summed E-state index contributed by atoms with van der Waals surface area (Å²) in [6.07, 6.45) is -1.12. The first-order valence-electron chi connectivity index (χ1n) is 14.2. The zero-order valence-electron chi connectivity index (χ0n) is 24.9. The van der Waals surface area contributed by atoms with Gasteiger partial charge in [0.2, 0.25) is 10.0 Å². The van der Waals surface area contributed by atoms with Gasteiger partial charge in [0.15, 0.2) is 0 Å². The highest BCUT2D eigenvalue weighted by Gasteiger charge is 2.54. The Morgan fingerprint density at radius 3 is 2.28 bits per heavy atom. The molecule has 230 valence electrons.